The van der Waals surface area contributed by atoms with Crippen LogP contribution in [0.3, 0.4) is 0 Å². The fourth-order valence-corrected chi connectivity index (χ4v) is 2.92. The molecule has 2 rings (SSSR count). The summed E-state index contributed by atoms with van der Waals surface area (Å²) in [6, 6.07) is 6.47. The molecule has 1 N–H and O–H groups in total. The number of hydrogen-bond donors (Lipinski definition) is 1. The van der Waals surface area contributed by atoms with Crippen molar-refractivity contribution in [3.63, 3.8) is 0 Å². The van der Waals surface area contributed by atoms with E-state index in [4.69, 9.17) is 4.74 Å². The summed E-state index contributed by atoms with van der Waals surface area (Å²) in [7, 11) is 0. The van der Waals surface area contributed by atoms with Gasteiger partial charge in [0.2, 0.25) is 0 Å². The Kier molecular flexibility index (Phi) is 6.18. The van der Waals surface area contributed by atoms with Crippen molar-refractivity contribution >= 4 is 15.9 Å². The van der Waals surface area contributed by atoms with E-state index >= 15 is 0 Å². The molecule has 106 valence electrons. The largest absolute Gasteiger partial charge is 0.488 e. The highest BCUT2D eigenvalue weighted by molar-refractivity contribution is 9.09. The standard InChI is InChI=1S/C16H24BrNO/c1-13-6-7-16-14(10-13)11-15(19-16)12-18-9-5-3-2-4-8-17/h6-7,10,15,18H,2-5,8-9,11-12H2,1H3. The molecule has 0 fully saturated rings. The number of aryl methyl sites for hydroxylation is 1. The first kappa shape index (κ1) is 14.9. The van der Waals surface area contributed by atoms with Crippen LogP contribution in [-0.2, 0) is 6.42 Å². The monoisotopic (exact) mass is 325 g/mol. The molecule has 0 aromatic heterocycles. The maximum absolute atomic E-state index is 5.94. The second-order valence-corrected chi connectivity index (χ2v) is 6.16. The summed E-state index contributed by atoms with van der Waals surface area (Å²) in [5.74, 6) is 1.08. The van der Waals surface area contributed by atoms with E-state index in [1.54, 1.807) is 0 Å². The molecule has 3 heteroatoms. The van der Waals surface area contributed by atoms with Gasteiger partial charge in [-0.05, 0) is 37.9 Å². The van der Waals surface area contributed by atoms with Crippen molar-refractivity contribution in [1.29, 1.82) is 0 Å². The number of halogens is 1. The molecule has 0 saturated carbocycles. The summed E-state index contributed by atoms with van der Waals surface area (Å²) in [4.78, 5) is 0. The molecule has 1 aliphatic heterocycles. The molecule has 1 aromatic rings. The number of alkyl halides is 1. The summed E-state index contributed by atoms with van der Waals surface area (Å²) in [5.41, 5.74) is 2.69. The lowest BCUT2D eigenvalue weighted by Crippen LogP contribution is -2.30. The van der Waals surface area contributed by atoms with Crippen LogP contribution >= 0.6 is 15.9 Å². The topological polar surface area (TPSA) is 21.3 Å². The third-order valence-corrected chi connectivity index (χ3v) is 4.13. The average Bonchev–Trinajstić information content (AvgIpc) is 2.79. The zero-order chi connectivity index (χ0) is 13.5. The third kappa shape index (κ3) is 4.81. The van der Waals surface area contributed by atoms with Crippen LogP contribution in [0.1, 0.15) is 36.8 Å². The van der Waals surface area contributed by atoms with E-state index in [2.05, 4.69) is 46.4 Å². The Hall–Kier alpha value is -0.540. The van der Waals surface area contributed by atoms with Crippen LogP contribution in [0.25, 0.3) is 0 Å². The molecular weight excluding hydrogens is 302 g/mol. The first-order valence-corrected chi connectivity index (χ1v) is 8.44. The molecular formula is C16H24BrNO. The van der Waals surface area contributed by atoms with Crippen LogP contribution in [0.5, 0.6) is 5.75 Å². The fourth-order valence-electron chi connectivity index (χ4n) is 2.52. The van der Waals surface area contributed by atoms with Crippen LogP contribution in [0.15, 0.2) is 18.2 Å². The van der Waals surface area contributed by atoms with Crippen molar-refractivity contribution in [3.8, 4) is 5.75 Å². The van der Waals surface area contributed by atoms with Gasteiger partial charge in [0.15, 0.2) is 0 Å². The van der Waals surface area contributed by atoms with Crippen molar-refractivity contribution in [2.24, 2.45) is 0 Å². The average molecular weight is 326 g/mol. The van der Waals surface area contributed by atoms with Crippen LogP contribution in [0.4, 0.5) is 0 Å². The molecule has 1 atom stereocenters. The minimum atomic E-state index is 0.319. The Morgan fingerprint density at radius 3 is 2.95 bits per heavy atom. The Morgan fingerprint density at radius 1 is 1.26 bits per heavy atom. The van der Waals surface area contributed by atoms with Crippen molar-refractivity contribution in [1.82, 2.24) is 5.32 Å². The lowest BCUT2D eigenvalue weighted by Gasteiger charge is -2.11. The molecule has 1 unspecified atom stereocenters. The molecule has 19 heavy (non-hydrogen) atoms. The van der Waals surface area contributed by atoms with Gasteiger partial charge in [-0.2, -0.15) is 0 Å². The van der Waals surface area contributed by atoms with Gasteiger partial charge in [0, 0.05) is 18.3 Å². The number of rotatable bonds is 8. The van der Waals surface area contributed by atoms with Crippen LogP contribution in [0.2, 0.25) is 0 Å². The van der Waals surface area contributed by atoms with Gasteiger partial charge in [0.25, 0.3) is 0 Å². The Labute approximate surface area is 125 Å². The first-order chi connectivity index (χ1) is 9.29. The van der Waals surface area contributed by atoms with Crippen LogP contribution in [0, 0.1) is 6.92 Å². The van der Waals surface area contributed by atoms with E-state index in [1.165, 1.54) is 36.8 Å². The lowest BCUT2D eigenvalue weighted by molar-refractivity contribution is 0.227. The van der Waals surface area contributed by atoms with Crippen LogP contribution < -0.4 is 10.1 Å². The predicted octanol–water partition coefficient (Wildman–Crippen LogP) is 3.84. The highest BCUT2D eigenvalue weighted by Gasteiger charge is 2.21. The molecule has 1 aliphatic rings. The van der Waals surface area contributed by atoms with Crippen molar-refractivity contribution < 1.29 is 4.74 Å². The molecule has 0 spiro atoms. The summed E-state index contributed by atoms with van der Waals surface area (Å²) in [6.45, 7) is 4.21. The lowest BCUT2D eigenvalue weighted by atomic mass is 10.1. The zero-order valence-electron chi connectivity index (χ0n) is 11.8. The third-order valence-electron chi connectivity index (χ3n) is 3.57. The van der Waals surface area contributed by atoms with E-state index in [0.29, 0.717) is 6.10 Å². The van der Waals surface area contributed by atoms with Gasteiger partial charge in [0.05, 0.1) is 0 Å². The van der Waals surface area contributed by atoms with E-state index in [0.717, 1.165) is 30.6 Å². The smallest absolute Gasteiger partial charge is 0.123 e. The zero-order valence-corrected chi connectivity index (χ0v) is 13.3. The van der Waals surface area contributed by atoms with Crippen molar-refractivity contribution in [2.75, 3.05) is 18.4 Å². The second kappa shape index (κ2) is 7.91. The Balaban J connectivity index is 1.59. The van der Waals surface area contributed by atoms with Gasteiger partial charge in [0.1, 0.15) is 11.9 Å². The maximum Gasteiger partial charge on any atom is 0.123 e. The number of benzene rings is 1. The number of fused-ring (bicyclic) bond motifs is 1. The van der Waals surface area contributed by atoms with Gasteiger partial charge in [-0.3, -0.25) is 0 Å². The quantitative estimate of drug-likeness (QED) is 0.579. The van der Waals surface area contributed by atoms with Crippen molar-refractivity contribution in [2.45, 2.75) is 45.1 Å². The summed E-state index contributed by atoms with van der Waals surface area (Å²) < 4.78 is 5.94. The van der Waals surface area contributed by atoms with Crippen molar-refractivity contribution in [3.05, 3.63) is 29.3 Å². The molecule has 2 nitrogen and oxygen atoms in total. The molecule has 0 amide bonds. The number of nitrogens with one attached hydrogen (secondary N) is 1. The number of hydrogen-bond acceptors (Lipinski definition) is 2. The molecule has 1 heterocycles. The Bertz CT molecular complexity index is 394. The van der Waals surface area contributed by atoms with Gasteiger partial charge in [-0.15, -0.1) is 0 Å². The summed E-state index contributed by atoms with van der Waals surface area (Å²) in [6.07, 6.45) is 6.58. The Morgan fingerprint density at radius 2 is 2.11 bits per heavy atom. The van der Waals surface area contributed by atoms with E-state index in [9.17, 15) is 0 Å². The summed E-state index contributed by atoms with van der Waals surface area (Å²) >= 11 is 3.46. The van der Waals surface area contributed by atoms with Gasteiger partial charge < -0.3 is 10.1 Å². The van der Waals surface area contributed by atoms with E-state index < -0.39 is 0 Å². The molecule has 0 bridgehead atoms. The normalized spacial score (nSPS) is 17.3. The highest BCUT2D eigenvalue weighted by atomic mass is 79.9. The molecule has 0 aliphatic carbocycles. The predicted molar refractivity (Wildman–Crippen MR) is 84.4 cm³/mol. The molecule has 1 aromatic carbocycles. The number of unbranched alkanes of at least 4 members (excludes halogenated alkanes) is 3. The molecule has 0 saturated heterocycles. The maximum atomic E-state index is 5.94. The minimum Gasteiger partial charge on any atom is -0.488 e. The fraction of sp³-hybridized carbons (Fsp3) is 0.625. The van der Waals surface area contributed by atoms with Gasteiger partial charge >= 0.3 is 0 Å². The number of ether oxygens (including phenoxy) is 1. The van der Waals surface area contributed by atoms with Gasteiger partial charge in [-0.25, -0.2) is 0 Å². The minimum absolute atomic E-state index is 0.319. The second-order valence-electron chi connectivity index (χ2n) is 5.36. The van der Waals surface area contributed by atoms with E-state index in [1.807, 2.05) is 0 Å². The first-order valence-electron chi connectivity index (χ1n) is 7.32. The highest BCUT2D eigenvalue weighted by Crippen LogP contribution is 2.29. The van der Waals surface area contributed by atoms with Crippen LogP contribution in [-0.4, -0.2) is 24.5 Å². The van der Waals surface area contributed by atoms with Gasteiger partial charge in [-0.1, -0.05) is 46.5 Å². The molecule has 0 radical (unpaired) electrons. The SMILES string of the molecule is Cc1ccc2c(c1)CC(CNCCCCCCBr)O2. The van der Waals surface area contributed by atoms with E-state index in [-0.39, 0.29) is 0 Å². The summed E-state index contributed by atoms with van der Waals surface area (Å²) in [5, 5.41) is 4.65.